The molecule has 0 spiro atoms. The number of nitrogens with one attached hydrogen (secondary N) is 2. The van der Waals surface area contributed by atoms with Crippen molar-refractivity contribution in [2.45, 2.75) is 37.1 Å². The first-order chi connectivity index (χ1) is 12.0. The second-order valence-electron chi connectivity index (χ2n) is 6.04. The zero-order valence-electron chi connectivity index (χ0n) is 15.1. The van der Waals surface area contributed by atoms with Crippen molar-refractivity contribution in [3.8, 4) is 11.5 Å². The number of benzene rings is 1. The summed E-state index contributed by atoms with van der Waals surface area (Å²) in [5, 5.41) is 3.36. The first-order valence-electron chi connectivity index (χ1n) is 8.59. The lowest BCUT2D eigenvalue weighted by Gasteiger charge is -2.28. The van der Waals surface area contributed by atoms with E-state index in [2.05, 4.69) is 10.0 Å². The van der Waals surface area contributed by atoms with E-state index in [9.17, 15) is 8.42 Å². The van der Waals surface area contributed by atoms with Crippen LogP contribution in [0.5, 0.6) is 11.5 Å². The summed E-state index contributed by atoms with van der Waals surface area (Å²) in [4.78, 5) is 0.157. The van der Waals surface area contributed by atoms with Crippen LogP contribution in [0.1, 0.15) is 26.7 Å². The lowest BCUT2D eigenvalue weighted by atomic mass is 9.99. The molecule has 2 rings (SSSR count). The summed E-state index contributed by atoms with van der Waals surface area (Å²) in [7, 11) is -2.04. The minimum atomic E-state index is -3.66. The Bertz CT molecular complexity index is 657. The average molecular weight is 372 g/mol. The molecule has 1 aromatic carbocycles. The number of ether oxygens (including phenoxy) is 3. The van der Waals surface area contributed by atoms with Crippen molar-refractivity contribution in [2.24, 2.45) is 0 Å². The van der Waals surface area contributed by atoms with Crippen LogP contribution in [0.4, 0.5) is 0 Å². The molecule has 0 aromatic heterocycles. The first kappa shape index (κ1) is 20.0. The van der Waals surface area contributed by atoms with Gasteiger partial charge in [-0.05, 0) is 45.4 Å². The van der Waals surface area contributed by atoms with Gasteiger partial charge in [0.05, 0.1) is 30.3 Å². The highest BCUT2D eigenvalue weighted by molar-refractivity contribution is 7.89. The van der Waals surface area contributed by atoms with Gasteiger partial charge in [0.2, 0.25) is 10.0 Å². The zero-order valence-corrected chi connectivity index (χ0v) is 15.9. The van der Waals surface area contributed by atoms with Crippen LogP contribution in [-0.4, -0.2) is 54.0 Å². The van der Waals surface area contributed by atoms with E-state index in [4.69, 9.17) is 14.2 Å². The molecule has 25 heavy (non-hydrogen) atoms. The van der Waals surface area contributed by atoms with Crippen molar-refractivity contribution >= 4 is 10.0 Å². The van der Waals surface area contributed by atoms with Gasteiger partial charge >= 0.3 is 0 Å². The van der Waals surface area contributed by atoms with Gasteiger partial charge in [-0.15, -0.1) is 0 Å². The predicted molar refractivity (Wildman–Crippen MR) is 95.8 cm³/mol. The quantitative estimate of drug-likeness (QED) is 0.648. The zero-order chi connectivity index (χ0) is 18.3. The van der Waals surface area contributed by atoms with E-state index in [0.717, 1.165) is 19.4 Å². The highest BCUT2D eigenvalue weighted by Crippen LogP contribution is 2.30. The maximum absolute atomic E-state index is 12.7. The average Bonchev–Trinajstić information content (AvgIpc) is 3.04. The van der Waals surface area contributed by atoms with Crippen LogP contribution in [0.3, 0.4) is 0 Å². The molecule has 1 fully saturated rings. The Hall–Kier alpha value is -1.35. The predicted octanol–water partition coefficient (Wildman–Crippen LogP) is 1.53. The van der Waals surface area contributed by atoms with Crippen LogP contribution in [0, 0.1) is 0 Å². The van der Waals surface area contributed by atoms with Gasteiger partial charge in [0.1, 0.15) is 0 Å². The van der Waals surface area contributed by atoms with Crippen molar-refractivity contribution in [1.29, 1.82) is 0 Å². The molecule has 8 heteroatoms. The summed E-state index contributed by atoms with van der Waals surface area (Å²) in [5.41, 5.74) is -0.351. The van der Waals surface area contributed by atoms with E-state index in [-0.39, 0.29) is 17.0 Å². The number of rotatable bonds is 10. The van der Waals surface area contributed by atoms with E-state index in [1.54, 1.807) is 13.2 Å². The third kappa shape index (κ3) is 5.07. The third-order valence-electron chi connectivity index (χ3n) is 4.18. The molecule has 0 saturated carbocycles. The molecule has 1 atom stereocenters. The Balaban J connectivity index is 2.16. The number of hydrogen-bond donors (Lipinski definition) is 2. The fourth-order valence-corrected chi connectivity index (χ4v) is 4.13. The molecule has 0 bridgehead atoms. The van der Waals surface area contributed by atoms with E-state index in [1.165, 1.54) is 12.1 Å². The highest BCUT2D eigenvalue weighted by Gasteiger charge is 2.35. The molecule has 1 unspecified atom stereocenters. The Kier molecular flexibility index (Phi) is 7.06. The molecule has 1 aliphatic rings. The lowest BCUT2D eigenvalue weighted by Crippen LogP contribution is -2.52. The maximum Gasteiger partial charge on any atom is 0.240 e. The van der Waals surface area contributed by atoms with Gasteiger partial charge in [-0.2, -0.15) is 0 Å². The summed E-state index contributed by atoms with van der Waals surface area (Å²) in [6.07, 6.45) is 1.87. The van der Waals surface area contributed by atoms with Gasteiger partial charge in [-0.25, -0.2) is 13.1 Å². The van der Waals surface area contributed by atoms with Crippen LogP contribution in [-0.2, 0) is 14.8 Å². The normalized spacial score (nSPS) is 20.6. The number of hydrogen-bond acceptors (Lipinski definition) is 6. The molecular weight excluding hydrogens is 344 g/mol. The second-order valence-corrected chi connectivity index (χ2v) is 7.81. The number of sulfonamides is 1. The Labute approximate surface area is 150 Å². The minimum absolute atomic E-state index is 0.157. The van der Waals surface area contributed by atoms with Crippen molar-refractivity contribution in [3.05, 3.63) is 18.2 Å². The molecule has 0 aliphatic carbocycles. The van der Waals surface area contributed by atoms with Crippen LogP contribution in [0.25, 0.3) is 0 Å². The van der Waals surface area contributed by atoms with Crippen molar-refractivity contribution in [2.75, 3.05) is 40.0 Å². The minimum Gasteiger partial charge on any atom is -0.490 e. The van der Waals surface area contributed by atoms with E-state index >= 15 is 0 Å². The van der Waals surface area contributed by atoms with Crippen molar-refractivity contribution in [3.63, 3.8) is 0 Å². The molecule has 7 nitrogen and oxygen atoms in total. The summed E-state index contributed by atoms with van der Waals surface area (Å²) in [5.74, 6) is 0.967. The van der Waals surface area contributed by atoms with Gasteiger partial charge in [-0.3, -0.25) is 0 Å². The largest absolute Gasteiger partial charge is 0.490 e. The van der Waals surface area contributed by atoms with Gasteiger partial charge < -0.3 is 19.5 Å². The maximum atomic E-state index is 12.7. The molecule has 0 radical (unpaired) electrons. The Morgan fingerprint density at radius 1 is 1.20 bits per heavy atom. The molecule has 142 valence electrons. The van der Waals surface area contributed by atoms with Crippen molar-refractivity contribution < 1.29 is 22.6 Å². The summed E-state index contributed by atoms with van der Waals surface area (Å²) in [6.45, 7) is 6.22. The summed E-state index contributed by atoms with van der Waals surface area (Å²) in [6, 6.07) is 4.66. The van der Waals surface area contributed by atoms with Crippen LogP contribution in [0.2, 0.25) is 0 Å². The monoisotopic (exact) mass is 372 g/mol. The fourth-order valence-electron chi connectivity index (χ4n) is 2.99. The van der Waals surface area contributed by atoms with Crippen LogP contribution >= 0.6 is 0 Å². The SMILES string of the molecule is CCOc1ccc(S(=O)(=O)NCC2(COC)CCCN2)cc1OCC. The molecule has 1 aliphatic heterocycles. The highest BCUT2D eigenvalue weighted by atomic mass is 32.2. The van der Waals surface area contributed by atoms with Crippen molar-refractivity contribution in [1.82, 2.24) is 10.0 Å². The fraction of sp³-hybridized carbons (Fsp3) is 0.647. The standard InChI is InChI=1S/C17H28N2O5S/c1-4-23-15-8-7-14(11-16(15)24-5-2)25(20,21)19-12-17(13-22-3)9-6-10-18-17/h7-8,11,18-19H,4-6,9-10,12-13H2,1-3H3. The first-order valence-corrected chi connectivity index (χ1v) is 10.1. The molecule has 1 aromatic rings. The van der Waals surface area contributed by atoms with Gasteiger partial charge in [0, 0.05) is 19.7 Å². The molecule has 1 heterocycles. The second kappa shape index (κ2) is 8.84. The Morgan fingerprint density at radius 2 is 1.92 bits per heavy atom. The van der Waals surface area contributed by atoms with E-state index < -0.39 is 10.0 Å². The smallest absolute Gasteiger partial charge is 0.240 e. The lowest BCUT2D eigenvalue weighted by molar-refractivity contribution is 0.122. The Morgan fingerprint density at radius 3 is 2.52 bits per heavy atom. The summed E-state index contributed by atoms with van der Waals surface area (Å²) < 4.78 is 44.3. The van der Waals surface area contributed by atoms with Crippen LogP contribution in [0.15, 0.2) is 23.1 Å². The topological polar surface area (TPSA) is 85.9 Å². The van der Waals surface area contributed by atoms with E-state index in [0.29, 0.717) is 31.3 Å². The molecular formula is C17H28N2O5S. The number of methoxy groups -OCH3 is 1. The van der Waals surface area contributed by atoms with Gasteiger partial charge in [-0.1, -0.05) is 0 Å². The van der Waals surface area contributed by atoms with E-state index in [1.807, 2.05) is 13.8 Å². The van der Waals surface area contributed by atoms with Gasteiger partial charge in [0.15, 0.2) is 11.5 Å². The third-order valence-corrected chi connectivity index (χ3v) is 5.58. The molecule has 1 saturated heterocycles. The summed E-state index contributed by atoms with van der Waals surface area (Å²) >= 11 is 0. The van der Waals surface area contributed by atoms with Crippen LogP contribution < -0.4 is 19.5 Å². The molecule has 2 N–H and O–H groups in total. The van der Waals surface area contributed by atoms with Gasteiger partial charge in [0.25, 0.3) is 0 Å². The molecule has 0 amide bonds.